The van der Waals surface area contributed by atoms with Gasteiger partial charge < -0.3 is 19.4 Å². The zero-order chi connectivity index (χ0) is 31.1. The van der Waals surface area contributed by atoms with Gasteiger partial charge in [-0.3, -0.25) is 19.7 Å². The van der Waals surface area contributed by atoms with Gasteiger partial charge in [-0.05, 0) is 68.9 Å². The van der Waals surface area contributed by atoms with Crippen LogP contribution in [0.3, 0.4) is 0 Å². The lowest BCUT2D eigenvalue weighted by Gasteiger charge is -2.23. The number of carbonyl (C=O) groups excluding carboxylic acids is 3. The number of benzene rings is 2. The highest BCUT2D eigenvalue weighted by Crippen LogP contribution is 2.38. The van der Waals surface area contributed by atoms with Crippen molar-refractivity contribution in [3.63, 3.8) is 0 Å². The number of rotatable bonds is 10. The van der Waals surface area contributed by atoms with E-state index in [4.69, 9.17) is 4.74 Å². The summed E-state index contributed by atoms with van der Waals surface area (Å²) in [6.45, 7) is 10.6. The molecule has 1 aliphatic rings. The van der Waals surface area contributed by atoms with Crippen molar-refractivity contribution in [2.45, 2.75) is 35.9 Å². The number of ether oxygens (including phenoxy) is 1. The molecule has 1 aliphatic heterocycles. The summed E-state index contributed by atoms with van der Waals surface area (Å²) in [5.41, 5.74) is 2.17. The average Bonchev–Trinajstić information content (AvgIpc) is 3.29. The Labute approximate surface area is 259 Å². The summed E-state index contributed by atoms with van der Waals surface area (Å²) in [4.78, 5) is 49.2. The van der Waals surface area contributed by atoms with Crippen molar-refractivity contribution >= 4 is 46.0 Å². The first-order chi connectivity index (χ1) is 20.6. The van der Waals surface area contributed by atoms with E-state index in [1.54, 1.807) is 22.1 Å². The number of nitrogens with one attached hydrogen (secondary N) is 1. The molecule has 0 bridgehead atoms. The number of methoxy groups -OCH3 is 1. The monoisotopic (exact) mass is 625 g/mol. The summed E-state index contributed by atoms with van der Waals surface area (Å²) in [7, 11) is 3.43. The second-order valence-corrected chi connectivity index (χ2v) is 12.5. The lowest BCUT2D eigenvalue weighted by molar-refractivity contribution is -0.125. The Hall–Kier alpha value is -3.74. The van der Waals surface area contributed by atoms with Gasteiger partial charge in [-0.25, -0.2) is 9.37 Å². The number of anilines is 1. The Morgan fingerprint density at radius 2 is 1.93 bits per heavy atom. The number of thiazole rings is 1. The van der Waals surface area contributed by atoms with Crippen LogP contribution in [0.4, 0.5) is 9.52 Å². The molecule has 0 aliphatic carbocycles. The Bertz CT molecular complexity index is 1510. The number of amides is 3. The average molecular weight is 626 g/mol. The Balaban J connectivity index is 1.47. The number of hydrogen-bond acceptors (Lipinski definition) is 8. The lowest BCUT2D eigenvalue weighted by Crippen LogP contribution is -2.36. The predicted molar refractivity (Wildman–Crippen MR) is 168 cm³/mol. The fraction of sp³-hybridized carbons (Fsp3) is 0.355. The molecule has 12 heteroatoms. The Morgan fingerprint density at radius 1 is 1.19 bits per heavy atom. The summed E-state index contributed by atoms with van der Waals surface area (Å²) in [5, 5.41) is 3.22. The number of carbonyl (C=O) groups is 3. The molecule has 0 spiro atoms. The molecule has 1 fully saturated rings. The van der Waals surface area contributed by atoms with Gasteiger partial charge in [-0.15, -0.1) is 0 Å². The Morgan fingerprint density at radius 3 is 2.65 bits per heavy atom. The van der Waals surface area contributed by atoms with E-state index in [1.165, 1.54) is 48.4 Å². The second kappa shape index (κ2) is 14.6. The van der Waals surface area contributed by atoms with E-state index in [-0.39, 0.29) is 23.5 Å². The van der Waals surface area contributed by atoms with Gasteiger partial charge in [0, 0.05) is 48.7 Å². The molecule has 0 unspecified atom stereocenters. The highest BCUT2D eigenvalue weighted by Gasteiger charge is 2.25. The van der Waals surface area contributed by atoms with Crippen molar-refractivity contribution in [2.24, 2.45) is 0 Å². The Kier molecular flexibility index (Phi) is 10.9. The van der Waals surface area contributed by atoms with Gasteiger partial charge in [0.25, 0.3) is 11.8 Å². The van der Waals surface area contributed by atoms with Crippen molar-refractivity contribution in [1.82, 2.24) is 19.7 Å². The van der Waals surface area contributed by atoms with Gasteiger partial charge in [-0.2, -0.15) is 0 Å². The second-order valence-electron chi connectivity index (χ2n) is 10.2. The summed E-state index contributed by atoms with van der Waals surface area (Å²) in [6.07, 6.45) is 3.64. The molecule has 9 nitrogen and oxygen atoms in total. The molecule has 3 amide bonds. The van der Waals surface area contributed by atoms with E-state index in [0.717, 1.165) is 21.2 Å². The maximum Gasteiger partial charge on any atom is 0.257 e. The van der Waals surface area contributed by atoms with Crippen molar-refractivity contribution in [3.05, 3.63) is 77.3 Å². The van der Waals surface area contributed by atoms with Gasteiger partial charge in [0.15, 0.2) is 5.13 Å². The van der Waals surface area contributed by atoms with Crippen LogP contribution >= 0.6 is 23.1 Å². The number of aryl methyl sites for hydroxylation is 1. The molecule has 0 saturated carbocycles. The van der Waals surface area contributed by atoms with Crippen LogP contribution in [-0.4, -0.2) is 84.3 Å². The normalized spacial score (nSPS) is 13.5. The number of nitrogens with zero attached hydrogens (tertiary/aromatic N) is 4. The number of hydrogen-bond donors (Lipinski definition) is 1. The zero-order valence-electron chi connectivity index (χ0n) is 24.8. The van der Waals surface area contributed by atoms with Crippen LogP contribution in [0.25, 0.3) is 0 Å². The molecule has 0 atom stereocenters. The molecule has 228 valence electrons. The minimum absolute atomic E-state index is 0.136. The van der Waals surface area contributed by atoms with Crippen LogP contribution in [0.15, 0.2) is 58.3 Å². The van der Waals surface area contributed by atoms with E-state index in [2.05, 4.69) is 16.9 Å². The standard InChI is InChI=1S/C31H36FN5O4S2/c1-6-27(38)36-11-8-12-37(14-13-36)30(40)23-17-26(20(3)15-25(23)41-5)42-28-18-33-31(43-28)34-29(39)21-9-10-24(32)22(16-21)19-35(4)7-2/h6,9-10,15-18H,1,7-8,11-14,19H2,2-5H3,(H,33,34,39). The van der Waals surface area contributed by atoms with E-state index >= 15 is 0 Å². The highest BCUT2D eigenvalue weighted by atomic mass is 32.2. The fourth-order valence-corrected chi connectivity index (χ4v) is 6.57. The van der Waals surface area contributed by atoms with Crippen LogP contribution in [0.2, 0.25) is 0 Å². The molecule has 0 radical (unpaired) electrons. The van der Waals surface area contributed by atoms with Crippen LogP contribution < -0.4 is 10.1 Å². The molecule has 2 heterocycles. The minimum Gasteiger partial charge on any atom is -0.496 e. The van der Waals surface area contributed by atoms with Crippen molar-refractivity contribution in [1.29, 1.82) is 0 Å². The third kappa shape index (κ3) is 8.01. The quantitative estimate of drug-likeness (QED) is 0.305. The summed E-state index contributed by atoms with van der Waals surface area (Å²) < 4.78 is 20.7. The van der Waals surface area contributed by atoms with Crippen LogP contribution in [0, 0.1) is 12.7 Å². The van der Waals surface area contributed by atoms with E-state index in [9.17, 15) is 18.8 Å². The van der Waals surface area contributed by atoms with E-state index in [1.807, 2.05) is 37.9 Å². The summed E-state index contributed by atoms with van der Waals surface area (Å²) in [6, 6.07) is 8.00. The predicted octanol–water partition coefficient (Wildman–Crippen LogP) is 5.31. The number of halogens is 1. The minimum atomic E-state index is -0.370. The molecule has 2 aromatic carbocycles. The van der Waals surface area contributed by atoms with E-state index in [0.29, 0.717) is 66.7 Å². The number of aromatic nitrogens is 1. The van der Waals surface area contributed by atoms with Crippen molar-refractivity contribution < 1.29 is 23.5 Å². The van der Waals surface area contributed by atoms with Gasteiger partial charge in [0.1, 0.15) is 11.6 Å². The molecular formula is C31H36FN5O4S2. The topological polar surface area (TPSA) is 95.1 Å². The molecule has 1 aromatic heterocycles. The van der Waals surface area contributed by atoms with E-state index < -0.39 is 0 Å². The molecule has 4 rings (SSSR count). The van der Waals surface area contributed by atoms with Crippen LogP contribution in [-0.2, 0) is 11.3 Å². The molecule has 1 saturated heterocycles. The molecule has 43 heavy (non-hydrogen) atoms. The van der Waals surface area contributed by atoms with Crippen molar-refractivity contribution in [3.8, 4) is 5.75 Å². The summed E-state index contributed by atoms with van der Waals surface area (Å²) >= 11 is 2.75. The lowest BCUT2D eigenvalue weighted by atomic mass is 10.1. The zero-order valence-corrected chi connectivity index (χ0v) is 26.4. The van der Waals surface area contributed by atoms with Gasteiger partial charge in [0.05, 0.1) is 23.1 Å². The van der Waals surface area contributed by atoms with Crippen molar-refractivity contribution in [2.75, 3.05) is 52.2 Å². The van der Waals surface area contributed by atoms with Crippen LogP contribution in [0.5, 0.6) is 5.75 Å². The fourth-order valence-electron chi connectivity index (χ4n) is 4.63. The first-order valence-electron chi connectivity index (χ1n) is 13.9. The van der Waals surface area contributed by atoms with Crippen LogP contribution in [0.1, 0.15) is 45.2 Å². The van der Waals surface area contributed by atoms with Gasteiger partial charge >= 0.3 is 0 Å². The smallest absolute Gasteiger partial charge is 0.257 e. The largest absolute Gasteiger partial charge is 0.496 e. The maximum absolute atomic E-state index is 14.3. The molecule has 1 N–H and O–H groups in total. The highest BCUT2D eigenvalue weighted by molar-refractivity contribution is 8.01. The summed E-state index contributed by atoms with van der Waals surface area (Å²) in [5.74, 6) is -0.532. The SMILES string of the molecule is C=CC(=O)N1CCCN(C(=O)c2cc(Sc3cnc(NC(=O)c4ccc(F)c(CN(C)CC)c4)s3)c(C)cc2OC)CC1. The molecular weight excluding hydrogens is 590 g/mol. The third-order valence-corrected chi connectivity index (χ3v) is 9.37. The maximum atomic E-state index is 14.3. The van der Waals surface area contributed by atoms with Gasteiger partial charge in [-0.1, -0.05) is 36.6 Å². The van der Waals surface area contributed by atoms with Gasteiger partial charge in [0.2, 0.25) is 5.91 Å². The first kappa shape index (κ1) is 32.2. The third-order valence-electron chi connectivity index (χ3n) is 7.20. The molecule has 3 aromatic rings. The first-order valence-corrected chi connectivity index (χ1v) is 15.6.